The highest BCUT2D eigenvalue weighted by Crippen LogP contribution is 2.31. The molecule has 0 N–H and O–H groups in total. The summed E-state index contributed by atoms with van der Waals surface area (Å²) in [6.45, 7) is 4.06. The van der Waals surface area contributed by atoms with Crippen molar-refractivity contribution in [3.63, 3.8) is 0 Å². The van der Waals surface area contributed by atoms with E-state index in [1.54, 1.807) is 6.20 Å². The number of piperidine rings is 1. The quantitative estimate of drug-likeness (QED) is 0.862. The van der Waals surface area contributed by atoms with Gasteiger partial charge < -0.3 is 9.80 Å². The van der Waals surface area contributed by atoms with Gasteiger partial charge in [-0.1, -0.05) is 6.07 Å². The van der Waals surface area contributed by atoms with Crippen LogP contribution in [-0.2, 0) is 11.3 Å². The minimum absolute atomic E-state index is 0.0376. The minimum Gasteiger partial charge on any atom is -0.352 e. The number of anilines is 1. The van der Waals surface area contributed by atoms with Crippen molar-refractivity contribution < 1.29 is 4.79 Å². The maximum atomic E-state index is 12.9. The van der Waals surface area contributed by atoms with Gasteiger partial charge in [-0.2, -0.15) is 5.10 Å². The molecule has 6 heteroatoms. The zero-order valence-corrected chi connectivity index (χ0v) is 13.8. The summed E-state index contributed by atoms with van der Waals surface area (Å²) < 4.78 is 0. The van der Waals surface area contributed by atoms with Gasteiger partial charge in [-0.25, -0.2) is 0 Å². The second-order valence-corrected chi connectivity index (χ2v) is 6.65. The average Bonchev–Trinajstić information content (AvgIpc) is 2.89. The number of fused-ring (bicyclic) bond motifs is 4. The van der Waals surface area contributed by atoms with E-state index in [1.165, 1.54) is 0 Å². The van der Waals surface area contributed by atoms with Crippen molar-refractivity contribution in [2.24, 2.45) is 5.92 Å². The summed E-state index contributed by atoms with van der Waals surface area (Å²) in [5.41, 5.74) is 1.85. The van der Waals surface area contributed by atoms with Crippen LogP contribution < -0.4 is 4.90 Å². The summed E-state index contributed by atoms with van der Waals surface area (Å²) in [5.74, 6) is 1.15. The van der Waals surface area contributed by atoms with Crippen molar-refractivity contribution in [3.05, 3.63) is 47.9 Å². The number of aryl methyl sites for hydroxylation is 1. The van der Waals surface area contributed by atoms with Crippen molar-refractivity contribution in [1.29, 1.82) is 0 Å². The van der Waals surface area contributed by atoms with Crippen LogP contribution in [0, 0.1) is 12.8 Å². The number of nitrogens with zero attached hydrogens (tertiary/aromatic N) is 5. The summed E-state index contributed by atoms with van der Waals surface area (Å²) in [6.07, 6.45) is 3.78. The molecule has 0 spiro atoms. The molecule has 0 aliphatic carbocycles. The largest absolute Gasteiger partial charge is 0.352 e. The van der Waals surface area contributed by atoms with Gasteiger partial charge in [0, 0.05) is 25.3 Å². The Kier molecular flexibility index (Phi) is 3.88. The van der Waals surface area contributed by atoms with Crippen molar-refractivity contribution >= 4 is 11.7 Å². The monoisotopic (exact) mass is 323 g/mol. The predicted molar refractivity (Wildman–Crippen MR) is 90.3 cm³/mol. The number of aromatic nitrogens is 3. The molecule has 3 fully saturated rings. The van der Waals surface area contributed by atoms with Crippen molar-refractivity contribution in [2.45, 2.75) is 32.4 Å². The van der Waals surface area contributed by atoms with E-state index in [0.29, 0.717) is 6.54 Å². The van der Waals surface area contributed by atoms with Crippen molar-refractivity contribution in [1.82, 2.24) is 20.1 Å². The molecule has 0 saturated carbocycles. The Hall–Kier alpha value is -2.50. The standard InChI is InChI=1S/C18H21N5O/c1-13-5-8-17(21-20-13)22-10-14-6-7-16(12-22)23(18(14)24)11-15-4-2-3-9-19-15/h2-5,8-9,14,16H,6-7,10-12H2,1H3/t14-,16?/m0/s1. The molecule has 1 unspecified atom stereocenters. The van der Waals surface area contributed by atoms with Gasteiger partial charge >= 0.3 is 0 Å². The Morgan fingerprint density at radius 3 is 2.79 bits per heavy atom. The SMILES string of the molecule is Cc1ccc(N2CC3CC[C@@H](C2)C(=O)N3Cc2ccccn2)nn1. The molecular weight excluding hydrogens is 302 g/mol. The average molecular weight is 323 g/mol. The fourth-order valence-corrected chi connectivity index (χ4v) is 3.66. The number of hydrogen-bond donors (Lipinski definition) is 0. The first-order chi connectivity index (χ1) is 11.7. The zero-order valence-electron chi connectivity index (χ0n) is 13.8. The molecule has 2 bridgehead atoms. The van der Waals surface area contributed by atoms with Crippen LogP contribution in [-0.4, -0.2) is 45.1 Å². The molecule has 1 amide bonds. The van der Waals surface area contributed by atoms with Crippen LogP contribution in [0.4, 0.5) is 5.82 Å². The van der Waals surface area contributed by atoms with Crippen LogP contribution in [0.2, 0.25) is 0 Å². The second kappa shape index (κ2) is 6.19. The summed E-state index contributed by atoms with van der Waals surface area (Å²) in [4.78, 5) is 21.5. The fourth-order valence-electron chi connectivity index (χ4n) is 3.66. The van der Waals surface area contributed by atoms with Crippen LogP contribution >= 0.6 is 0 Å². The molecule has 2 atom stereocenters. The first-order valence-electron chi connectivity index (χ1n) is 8.46. The van der Waals surface area contributed by atoms with Gasteiger partial charge in [0.05, 0.1) is 23.9 Å². The van der Waals surface area contributed by atoms with Gasteiger partial charge in [0.1, 0.15) is 0 Å². The number of pyridine rings is 1. The third-order valence-electron chi connectivity index (χ3n) is 4.96. The highest BCUT2D eigenvalue weighted by atomic mass is 16.2. The van der Waals surface area contributed by atoms with E-state index in [4.69, 9.17) is 0 Å². The lowest BCUT2D eigenvalue weighted by atomic mass is 9.94. The maximum Gasteiger partial charge on any atom is 0.228 e. The summed E-state index contributed by atoms with van der Waals surface area (Å²) in [5, 5.41) is 8.47. The smallest absolute Gasteiger partial charge is 0.228 e. The summed E-state index contributed by atoms with van der Waals surface area (Å²) >= 11 is 0. The third kappa shape index (κ3) is 2.84. The number of hydrogen-bond acceptors (Lipinski definition) is 5. The second-order valence-electron chi connectivity index (χ2n) is 6.65. The highest BCUT2D eigenvalue weighted by molar-refractivity contribution is 5.81. The maximum absolute atomic E-state index is 12.9. The normalized spacial score (nSPS) is 23.5. The van der Waals surface area contributed by atoms with E-state index in [-0.39, 0.29) is 17.9 Å². The van der Waals surface area contributed by atoms with E-state index >= 15 is 0 Å². The Bertz CT molecular complexity index is 718. The highest BCUT2D eigenvalue weighted by Gasteiger charge is 2.41. The lowest BCUT2D eigenvalue weighted by Gasteiger charge is -2.35. The number of amides is 1. The number of rotatable bonds is 3. The first-order valence-corrected chi connectivity index (χ1v) is 8.46. The Morgan fingerprint density at radius 2 is 2.04 bits per heavy atom. The molecule has 2 aromatic heterocycles. The molecule has 6 nitrogen and oxygen atoms in total. The molecule has 2 aromatic rings. The van der Waals surface area contributed by atoms with Gasteiger partial charge in [-0.05, 0) is 44.0 Å². The van der Waals surface area contributed by atoms with Gasteiger partial charge in [0.25, 0.3) is 0 Å². The van der Waals surface area contributed by atoms with E-state index in [1.807, 2.05) is 42.2 Å². The van der Waals surface area contributed by atoms with Gasteiger partial charge in [-0.3, -0.25) is 9.78 Å². The molecule has 124 valence electrons. The first kappa shape index (κ1) is 15.1. The number of carbonyl (C=O) groups is 1. The molecule has 0 aromatic carbocycles. The van der Waals surface area contributed by atoms with Crippen LogP contribution in [0.1, 0.15) is 24.2 Å². The fraction of sp³-hybridized carbons (Fsp3) is 0.444. The molecule has 24 heavy (non-hydrogen) atoms. The molecule has 0 radical (unpaired) electrons. The zero-order chi connectivity index (χ0) is 16.5. The number of carbonyl (C=O) groups excluding carboxylic acids is 1. The molecule has 5 rings (SSSR count). The van der Waals surface area contributed by atoms with E-state index in [2.05, 4.69) is 20.1 Å². The van der Waals surface area contributed by atoms with Crippen LogP contribution in [0.5, 0.6) is 0 Å². The Labute approximate surface area is 141 Å². The Balaban J connectivity index is 1.57. The molecule has 5 heterocycles. The van der Waals surface area contributed by atoms with Crippen molar-refractivity contribution in [3.8, 4) is 0 Å². The predicted octanol–water partition coefficient (Wildman–Crippen LogP) is 1.81. The molecule has 3 aliphatic heterocycles. The molecular formula is C18H21N5O. The van der Waals surface area contributed by atoms with Crippen LogP contribution in [0.15, 0.2) is 36.5 Å². The topological polar surface area (TPSA) is 62.2 Å². The van der Waals surface area contributed by atoms with E-state index < -0.39 is 0 Å². The van der Waals surface area contributed by atoms with Gasteiger partial charge in [0.2, 0.25) is 5.91 Å². The molecule has 3 saturated heterocycles. The van der Waals surface area contributed by atoms with Gasteiger partial charge in [-0.15, -0.1) is 5.10 Å². The summed E-state index contributed by atoms with van der Waals surface area (Å²) in [7, 11) is 0. The minimum atomic E-state index is 0.0376. The van der Waals surface area contributed by atoms with Crippen LogP contribution in [0.3, 0.4) is 0 Å². The van der Waals surface area contributed by atoms with E-state index in [9.17, 15) is 4.79 Å². The summed E-state index contributed by atoms with van der Waals surface area (Å²) in [6, 6.07) is 10.0. The third-order valence-corrected chi connectivity index (χ3v) is 4.96. The van der Waals surface area contributed by atoms with Gasteiger partial charge in [0.15, 0.2) is 5.82 Å². The molecule has 3 aliphatic rings. The van der Waals surface area contributed by atoms with Crippen LogP contribution in [0.25, 0.3) is 0 Å². The lowest BCUT2D eigenvalue weighted by Crippen LogP contribution is -2.47. The van der Waals surface area contributed by atoms with E-state index in [0.717, 1.165) is 43.1 Å². The Morgan fingerprint density at radius 1 is 1.12 bits per heavy atom. The van der Waals surface area contributed by atoms with Crippen molar-refractivity contribution in [2.75, 3.05) is 18.0 Å². The lowest BCUT2D eigenvalue weighted by molar-refractivity contribution is -0.140.